The number of carbonyl (C=O) groups is 1. The van der Waals surface area contributed by atoms with Crippen LogP contribution in [0.15, 0.2) is 35.1 Å². The number of aryl methyl sites for hydroxylation is 1. The van der Waals surface area contributed by atoms with E-state index in [4.69, 9.17) is 0 Å². The minimum atomic E-state index is -1.15. The molecule has 1 heterocycles. The van der Waals surface area contributed by atoms with E-state index in [9.17, 15) is 20.0 Å². The predicted molar refractivity (Wildman–Crippen MR) is 78.0 cm³/mol. The van der Waals surface area contributed by atoms with Gasteiger partial charge in [-0.3, -0.25) is 14.8 Å². The number of nitro benzene ring substituents is 1. The fraction of sp³-hybridized carbons (Fsp3) is 0.167. The third kappa shape index (κ3) is 3.37. The third-order valence-electron chi connectivity index (χ3n) is 2.76. The number of hydrogen-bond donors (Lipinski definition) is 2. The van der Waals surface area contributed by atoms with E-state index < -0.39 is 16.9 Å². The molecule has 2 N–H and O–H groups in total. The highest BCUT2D eigenvalue weighted by molar-refractivity contribution is 9.10. The summed E-state index contributed by atoms with van der Waals surface area (Å²) in [7, 11) is 1.66. The first kappa shape index (κ1) is 15.0. The molecular weight excluding hydrogens is 344 g/mol. The van der Waals surface area contributed by atoms with Crippen LogP contribution in [0.1, 0.15) is 11.6 Å². The number of aliphatic carboxylic acids is 1. The number of carboxylic acid groups (broad SMARTS) is 1. The van der Waals surface area contributed by atoms with Crippen LogP contribution in [0.4, 0.5) is 11.4 Å². The largest absolute Gasteiger partial charge is 0.479 e. The van der Waals surface area contributed by atoms with E-state index in [1.165, 1.54) is 29.2 Å². The van der Waals surface area contributed by atoms with Gasteiger partial charge in [0.2, 0.25) is 0 Å². The van der Waals surface area contributed by atoms with E-state index in [1.54, 1.807) is 13.1 Å². The van der Waals surface area contributed by atoms with Crippen LogP contribution in [0.3, 0.4) is 0 Å². The van der Waals surface area contributed by atoms with Crippen molar-refractivity contribution < 1.29 is 14.8 Å². The van der Waals surface area contributed by atoms with E-state index in [1.807, 2.05) is 0 Å². The van der Waals surface area contributed by atoms with Gasteiger partial charge in [0, 0.05) is 29.3 Å². The first-order valence-electron chi connectivity index (χ1n) is 5.80. The number of hydrogen-bond acceptors (Lipinski definition) is 5. The fourth-order valence-corrected chi connectivity index (χ4v) is 2.16. The molecule has 21 heavy (non-hydrogen) atoms. The van der Waals surface area contributed by atoms with E-state index >= 15 is 0 Å². The summed E-state index contributed by atoms with van der Waals surface area (Å²) in [5.74, 6) is -1.15. The second-order valence-electron chi connectivity index (χ2n) is 4.28. The lowest BCUT2D eigenvalue weighted by atomic mass is 10.1. The maximum absolute atomic E-state index is 11.4. The number of aromatic nitrogens is 2. The molecule has 2 aromatic rings. The van der Waals surface area contributed by atoms with Gasteiger partial charge in [-0.1, -0.05) is 15.9 Å². The zero-order valence-corrected chi connectivity index (χ0v) is 12.4. The number of nitrogens with zero attached hydrogens (tertiary/aromatic N) is 3. The molecule has 0 bridgehead atoms. The van der Waals surface area contributed by atoms with Gasteiger partial charge in [-0.2, -0.15) is 5.10 Å². The Kier molecular flexibility index (Phi) is 4.22. The smallest absolute Gasteiger partial charge is 0.330 e. The molecule has 8 nitrogen and oxygen atoms in total. The highest BCUT2D eigenvalue weighted by Gasteiger charge is 2.24. The molecule has 0 saturated carbocycles. The molecule has 0 aliphatic rings. The molecule has 1 aromatic heterocycles. The van der Waals surface area contributed by atoms with Crippen LogP contribution in [-0.2, 0) is 11.8 Å². The van der Waals surface area contributed by atoms with E-state index in [2.05, 4.69) is 26.3 Å². The van der Waals surface area contributed by atoms with Gasteiger partial charge < -0.3 is 10.4 Å². The molecule has 1 atom stereocenters. The average molecular weight is 355 g/mol. The van der Waals surface area contributed by atoms with Crippen LogP contribution in [0.2, 0.25) is 0 Å². The Morgan fingerprint density at radius 1 is 1.57 bits per heavy atom. The summed E-state index contributed by atoms with van der Waals surface area (Å²) in [4.78, 5) is 21.9. The lowest BCUT2D eigenvalue weighted by Crippen LogP contribution is -2.20. The maximum atomic E-state index is 11.4. The van der Waals surface area contributed by atoms with Crippen LogP contribution in [0.5, 0.6) is 0 Å². The molecule has 9 heteroatoms. The molecule has 1 unspecified atom stereocenters. The number of carboxylic acids is 1. The number of benzene rings is 1. The first-order chi connectivity index (χ1) is 9.88. The number of nitrogens with one attached hydrogen (secondary N) is 1. The van der Waals surface area contributed by atoms with E-state index in [0.29, 0.717) is 10.0 Å². The van der Waals surface area contributed by atoms with E-state index in [-0.39, 0.29) is 11.4 Å². The Morgan fingerprint density at radius 3 is 2.81 bits per heavy atom. The van der Waals surface area contributed by atoms with Crippen LogP contribution < -0.4 is 5.32 Å². The quantitative estimate of drug-likeness (QED) is 0.629. The van der Waals surface area contributed by atoms with Crippen molar-refractivity contribution in [3.8, 4) is 0 Å². The molecule has 0 aliphatic heterocycles. The van der Waals surface area contributed by atoms with Gasteiger partial charge in [0.25, 0.3) is 5.69 Å². The molecule has 0 fully saturated rings. The van der Waals surface area contributed by atoms with Gasteiger partial charge in [0.15, 0.2) is 6.04 Å². The topological polar surface area (TPSA) is 110 Å². The Labute approximate surface area is 127 Å². The summed E-state index contributed by atoms with van der Waals surface area (Å²) in [6.07, 6.45) is 2.94. The van der Waals surface area contributed by atoms with Crippen molar-refractivity contribution in [1.82, 2.24) is 9.78 Å². The zero-order valence-electron chi connectivity index (χ0n) is 10.9. The molecule has 0 spiro atoms. The predicted octanol–water partition coefficient (Wildman–Crippen LogP) is 2.33. The second kappa shape index (κ2) is 5.92. The van der Waals surface area contributed by atoms with Crippen molar-refractivity contribution in [3.63, 3.8) is 0 Å². The van der Waals surface area contributed by atoms with Crippen molar-refractivity contribution in [3.05, 3.63) is 50.7 Å². The van der Waals surface area contributed by atoms with Crippen molar-refractivity contribution in [2.75, 3.05) is 5.32 Å². The first-order valence-corrected chi connectivity index (χ1v) is 6.59. The summed E-state index contributed by atoms with van der Waals surface area (Å²) in [5, 5.41) is 26.9. The highest BCUT2D eigenvalue weighted by Crippen LogP contribution is 2.31. The molecule has 2 rings (SSSR count). The van der Waals surface area contributed by atoms with Crippen molar-refractivity contribution in [2.24, 2.45) is 7.05 Å². The van der Waals surface area contributed by atoms with Crippen LogP contribution in [-0.4, -0.2) is 25.8 Å². The van der Waals surface area contributed by atoms with Crippen LogP contribution in [0.25, 0.3) is 0 Å². The van der Waals surface area contributed by atoms with Crippen LogP contribution in [0, 0.1) is 10.1 Å². The zero-order chi connectivity index (χ0) is 15.6. The summed E-state index contributed by atoms with van der Waals surface area (Å²) in [6, 6.07) is 3.23. The molecular formula is C12H11BrN4O4. The lowest BCUT2D eigenvalue weighted by molar-refractivity contribution is -0.384. The molecule has 0 radical (unpaired) electrons. The Balaban J connectivity index is 2.38. The minimum Gasteiger partial charge on any atom is -0.479 e. The van der Waals surface area contributed by atoms with Gasteiger partial charge >= 0.3 is 5.97 Å². The monoisotopic (exact) mass is 354 g/mol. The molecule has 0 aliphatic carbocycles. The number of halogens is 1. The molecule has 0 saturated heterocycles. The Hall–Kier alpha value is -2.42. The average Bonchev–Trinajstić information content (AvgIpc) is 2.83. The summed E-state index contributed by atoms with van der Waals surface area (Å²) in [5.41, 5.74) is 0.321. The van der Waals surface area contributed by atoms with Crippen molar-refractivity contribution in [2.45, 2.75) is 6.04 Å². The van der Waals surface area contributed by atoms with E-state index in [0.717, 1.165) is 0 Å². The number of rotatable bonds is 5. The Bertz CT molecular complexity index is 700. The van der Waals surface area contributed by atoms with Gasteiger partial charge in [0.05, 0.1) is 11.1 Å². The van der Waals surface area contributed by atoms with Crippen molar-refractivity contribution in [1.29, 1.82) is 0 Å². The van der Waals surface area contributed by atoms with Gasteiger partial charge in [-0.15, -0.1) is 0 Å². The molecule has 0 amide bonds. The lowest BCUT2D eigenvalue weighted by Gasteiger charge is -2.14. The molecule has 1 aromatic carbocycles. The third-order valence-corrected chi connectivity index (χ3v) is 3.25. The summed E-state index contributed by atoms with van der Waals surface area (Å²) < 4.78 is 2.00. The standard InChI is InChI=1S/C12H11BrN4O4/c1-16-6-7(5-14-16)11(12(18)19)15-9-3-2-8(13)4-10(9)17(20)21/h2-6,11,15H,1H3,(H,18,19). The second-order valence-corrected chi connectivity index (χ2v) is 5.20. The van der Waals surface area contributed by atoms with Gasteiger partial charge in [-0.05, 0) is 12.1 Å². The summed E-state index contributed by atoms with van der Waals surface area (Å²) in [6.45, 7) is 0. The number of nitro groups is 1. The normalized spacial score (nSPS) is 11.9. The minimum absolute atomic E-state index is 0.124. The van der Waals surface area contributed by atoms with Gasteiger partial charge in [-0.25, -0.2) is 4.79 Å². The Morgan fingerprint density at radius 2 is 2.29 bits per heavy atom. The van der Waals surface area contributed by atoms with Gasteiger partial charge in [0.1, 0.15) is 5.69 Å². The maximum Gasteiger partial charge on any atom is 0.330 e. The van der Waals surface area contributed by atoms with Crippen LogP contribution >= 0.6 is 15.9 Å². The SMILES string of the molecule is Cn1cc(C(Nc2ccc(Br)cc2[N+](=O)[O-])C(=O)O)cn1. The fourth-order valence-electron chi connectivity index (χ4n) is 1.81. The van der Waals surface area contributed by atoms with Crippen molar-refractivity contribution >= 4 is 33.3 Å². The number of anilines is 1. The highest BCUT2D eigenvalue weighted by atomic mass is 79.9. The molecule has 110 valence electrons. The summed E-state index contributed by atoms with van der Waals surface area (Å²) >= 11 is 3.15.